The lowest BCUT2D eigenvalue weighted by molar-refractivity contribution is 0.203. The van der Waals surface area contributed by atoms with Crippen molar-refractivity contribution >= 4 is 23.2 Å². The molecule has 0 atom stereocenters. The van der Waals surface area contributed by atoms with Gasteiger partial charge in [0.25, 0.3) is 0 Å². The third-order valence-electron chi connectivity index (χ3n) is 2.18. The second-order valence-electron chi connectivity index (χ2n) is 3.33. The Bertz CT molecular complexity index is 205. The Kier molecular flexibility index (Phi) is 7.99. The number of rotatable bonds is 7. The minimum absolute atomic E-state index is 0.00956. The number of hydrogen-bond donors (Lipinski definition) is 2. The number of urea groups is 1. The molecule has 0 unspecified atom stereocenters. The Morgan fingerprint density at radius 2 is 1.93 bits per heavy atom. The molecule has 0 rings (SSSR count). The summed E-state index contributed by atoms with van der Waals surface area (Å²) < 4.78 is 0. The van der Waals surface area contributed by atoms with E-state index in [1.165, 1.54) is 0 Å². The molecule has 0 saturated heterocycles. The minimum atomic E-state index is 0.00956. The maximum absolute atomic E-state index is 11.5. The Balaban J connectivity index is 3.50. The highest BCUT2D eigenvalue weighted by atomic mass is 32.1. The fourth-order valence-electron chi connectivity index (χ4n) is 1.24. The van der Waals surface area contributed by atoms with Crippen LogP contribution in [0.1, 0.15) is 33.1 Å². The van der Waals surface area contributed by atoms with Gasteiger partial charge >= 0.3 is 6.03 Å². The monoisotopic (exact) mass is 231 g/mol. The quantitative estimate of drug-likeness (QED) is 0.515. The molecule has 0 aromatic heterocycles. The van der Waals surface area contributed by atoms with Crippen molar-refractivity contribution in [2.24, 2.45) is 5.73 Å². The molecule has 0 aliphatic carbocycles. The van der Waals surface area contributed by atoms with E-state index >= 15 is 0 Å². The lowest BCUT2D eigenvalue weighted by Crippen LogP contribution is -2.40. The van der Waals surface area contributed by atoms with Crippen molar-refractivity contribution in [3.8, 4) is 0 Å². The van der Waals surface area contributed by atoms with E-state index < -0.39 is 0 Å². The first kappa shape index (κ1) is 14.2. The van der Waals surface area contributed by atoms with Gasteiger partial charge in [0.15, 0.2) is 0 Å². The van der Waals surface area contributed by atoms with Crippen molar-refractivity contribution in [3.05, 3.63) is 0 Å². The molecular formula is C10H21N3OS. The summed E-state index contributed by atoms with van der Waals surface area (Å²) in [5.74, 6) is 0. The average molecular weight is 231 g/mol. The van der Waals surface area contributed by atoms with E-state index in [1.807, 2.05) is 13.8 Å². The SMILES string of the molecule is CCN(CC)C(=O)NCCCCC(N)=S. The fourth-order valence-corrected chi connectivity index (χ4v) is 1.39. The number of nitrogens with zero attached hydrogens (tertiary/aromatic N) is 1. The van der Waals surface area contributed by atoms with Gasteiger partial charge in [-0.1, -0.05) is 12.2 Å². The first-order valence-corrected chi connectivity index (χ1v) is 5.83. The van der Waals surface area contributed by atoms with Gasteiger partial charge in [0.05, 0.1) is 4.99 Å². The first-order chi connectivity index (χ1) is 7.11. The molecule has 3 N–H and O–H groups in total. The van der Waals surface area contributed by atoms with Crippen LogP contribution in [0.5, 0.6) is 0 Å². The van der Waals surface area contributed by atoms with Crippen molar-refractivity contribution in [3.63, 3.8) is 0 Å². The number of carbonyl (C=O) groups is 1. The molecule has 0 aliphatic rings. The van der Waals surface area contributed by atoms with Gasteiger partial charge in [-0.05, 0) is 33.1 Å². The Morgan fingerprint density at radius 3 is 2.40 bits per heavy atom. The van der Waals surface area contributed by atoms with Crippen molar-refractivity contribution in [2.45, 2.75) is 33.1 Å². The molecule has 0 bridgehead atoms. The number of nitrogens with two attached hydrogens (primary N) is 1. The van der Waals surface area contributed by atoms with E-state index in [9.17, 15) is 4.79 Å². The van der Waals surface area contributed by atoms with Crippen LogP contribution in [0, 0.1) is 0 Å². The smallest absolute Gasteiger partial charge is 0.317 e. The van der Waals surface area contributed by atoms with Gasteiger partial charge in [-0.2, -0.15) is 0 Å². The molecule has 0 spiro atoms. The lowest BCUT2D eigenvalue weighted by atomic mass is 10.2. The molecule has 5 heteroatoms. The Labute approximate surface area is 97.2 Å². The topological polar surface area (TPSA) is 58.4 Å². The van der Waals surface area contributed by atoms with Crippen LogP contribution < -0.4 is 11.1 Å². The van der Waals surface area contributed by atoms with Gasteiger partial charge in [-0.15, -0.1) is 0 Å². The van der Waals surface area contributed by atoms with Gasteiger partial charge < -0.3 is 16.0 Å². The van der Waals surface area contributed by atoms with E-state index in [0.717, 1.165) is 32.4 Å². The van der Waals surface area contributed by atoms with Gasteiger partial charge in [0.1, 0.15) is 0 Å². The van der Waals surface area contributed by atoms with E-state index in [0.29, 0.717) is 11.5 Å². The average Bonchev–Trinajstić information content (AvgIpc) is 2.18. The van der Waals surface area contributed by atoms with Gasteiger partial charge in [-0.3, -0.25) is 0 Å². The molecular weight excluding hydrogens is 210 g/mol. The van der Waals surface area contributed by atoms with Crippen LogP contribution >= 0.6 is 12.2 Å². The highest BCUT2D eigenvalue weighted by Gasteiger charge is 2.06. The summed E-state index contributed by atoms with van der Waals surface area (Å²) >= 11 is 4.76. The third-order valence-corrected chi connectivity index (χ3v) is 2.38. The summed E-state index contributed by atoms with van der Waals surface area (Å²) in [6.07, 6.45) is 2.62. The van der Waals surface area contributed by atoms with Crippen molar-refractivity contribution in [1.29, 1.82) is 0 Å². The number of amides is 2. The van der Waals surface area contributed by atoms with Gasteiger partial charge in [0.2, 0.25) is 0 Å². The molecule has 0 fully saturated rings. The van der Waals surface area contributed by atoms with Gasteiger partial charge in [-0.25, -0.2) is 4.79 Å². The molecule has 2 amide bonds. The summed E-state index contributed by atoms with van der Waals surface area (Å²) in [5.41, 5.74) is 5.36. The maximum atomic E-state index is 11.5. The van der Waals surface area contributed by atoms with Crippen LogP contribution in [0.15, 0.2) is 0 Å². The van der Waals surface area contributed by atoms with Crippen LogP contribution in [0.2, 0.25) is 0 Å². The van der Waals surface area contributed by atoms with Crippen molar-refractivity contribution in [1.82, 2.24) is 10.2 Å². The predicted octanol–water partition coefficient (Wildman–Crippen LogP) is 1.49. The van der Waals surface area contributed by atoms with Gasteiger partial charge in [0, 0.05) is 19.6 Å². The molecule has 0 aliphatic heterocycles. The highest BCUT2D eigenvalue weighted by Crippen LogP contribution is 1.95. The van der Waals surface area contributed by atoms with E-state index in [-0.39, 0.29) is 6.03 Å². The second-order valence-corrected chi connectivity index (χ2v) is 3.85. The van der Waals surface area contributed by atoms with E-state index in [2.05, 4.69) is 5.32 Å². The standard InChI is InChI=1S/C10H21N3OS/c1-3-13(4-2)10(14)12-8-6-5-7-9(11)15/h3-8H2,1-2H3,(H2,11,15)(H,12,14). The van der Waals surface area contributed by atoms with Crippen LogP contribution in [-0.4, -0.2) is 35.6 Å². The molecule has 0 radical (unpaired) electrons. The van der Waals surface area contributed by atoms with Crippen molar-refractivity contribution < 1.29 is 4.79 Å². The van der Waals surface area contributed by atoms with E-state index in [1.54, 1.807) is 4.90 Å². The Hall–Kier alpha value is -0.840. The Morgan fingerprint density at radius 1 is 1.33 bits per heavy atom. The van der Waals surface area contributed by atoms with Crippen LogP contribution in [0.3, 0.4) is 0 Å². The summed E-state index contributed by atoms with van der Waals surface area (Å²) in [5, 5.41) is 2.86. The third kappa shape index (κ3) is 7.13. The number of hydrogen-bond acceptors (Lipinski definition) is 2. The number of carbonyl (C=O) groups excluding carboxylic acids is 1. The molecule has 0 heterocycles. The zero-order chi connectivity index (χ0) is 11.7. The van der Waals surface area contributed by atoms with Crippen molar-refractivity contribution in [2.75, 3.05) is 19.6 Å². The molecule has 0 aromatic carbocycles. The molecule has 4 nitrogen and oxygen atoms in total. The zero-order valence-corrected chi connectivity index (χ0v) is 10.4. The highest BCUT2D eigenvalue weighted by molar-refractivity contribution is 7.80. The largest absolute Gasteiger partial charge is 0.393 e. The lowest BCUT2D eigenvalue weighted by Gasteiger charge is -2.19. The second kappa shape index (κ2) is 8.47. The minimum Gasteiger partial charge on any atom is -0.393 e. The summed E-state index contributed by atoms with van der Waals surface area (Å²) in [6, 6.07) is 0.00956. The summed E-state index contributed by atoms with van der Waals surface area (Å²) in [4.78, 5) is 13.8. The first-order valence-electron chi connectivity index (χ1n) is 5.42. The fraction of sp³-hybridized carbons (Fsp3) is 0.800. The van der Waals surface area contributed by atoms with Crippen LogP contribution in [0.4, 0.5) is 4.79 Å². The van der Waals surface area contributed by atoms with Crippen LogP contribution in [-0.2, 0) is 0 Å². The normalized spacial score (nSPS) is 9.73. The molecule has 88 valence electrons. The number of nitrogens with one attached hydrogen (secondary N) is 1. The number of unbranched alkanes of at least 4 members (excludes halogenated alkanes) is 1. The van der Waals surface area contributed by atoms with Crippen LogP contribution in [0.25, 0.3) is 0 Å². The molecule has 0 aromatic rings. The maximum Gasteiger partial charge on any atom is 0.317 e. The van der Waals surface area contributed by atoms with E-state index in [4.69, 9.17) is 18.0 Å². The zero-order valence-electron chi connectivity index (χ0n) is 9.58. The molecule has 0 saturated carbocycles. The summed E-state index contributed by atoms with van der Waals surface area (Å²) in [6.45, 7) is 6.12. The number of thiocarbonyl (C=S) groups is 1. The predicted molar refractivity (Wildman–Crippen MR) is 67.0 cm³/mol. The molecule has 15 heavy (non-hydrogen) atoms. The summed E-state index contributed by atoms with van der Waals surface area (Å²) in [7, 11) is 0.